The van der Waals surface area contributed by atoms with E-state index < -0.39 is 17.7 Å². The average Bonchev–Trinajstić information content (AvgIpc) is 2.32. The van der Waals surface area contributed by atoms with Crippen molar-refractivity contribution in [3.8, 4) is 0 Å². The Morgan fingerprint density at radius 1 is 0.941 bits per heavy atom. The third kappa shape index (κ3) is 2.37. The molecule has 0 heterocycles. The van der Waals surface area contributed by atoms with Gasteiger partial charge in [0.2, 0.25) is 0 Å². The molecular weight excluding hydrogens is 290 g/mol. The lowest BCUT2D eigenvalue weighted by atomic mass is 10.0. The topological polar surface area (TPSA) is 20.2 Å². The number of aliphatic hydroxyl groups excluding tert-OH is 1. The van der Waals surface area contributed by atoms with Crippen LogP contribution in [0.15, 0.2) is 46.9 Å². The Balaban J connectivity index is 2.48. The third-order valence-corrected chi connectivity index (χ3v) is 3.09. The van der Waals surface area contributed by atoms with Gasteiger partial charge in [-0.3, -0.25) is 0 Å². The largest absolute Gasteiger partial charge is 0.383 e. The van der Waals surface area contributed by atoms with E-state index in [-0.39, 0.29) is 15.6 Å². The molecule has 0 aliphatic carbocycles. The summed E-state index contributed by atoms with van der Waals surface area (Å²) < 4.78 is 27.4. The van der Waals surface area contributed by atoms with E-state index in [1.54, 1.807) is 12.1 Å². The van der Waals surface area contributed by atoms with Crippen LogP contribution in [-0.2, 0) is 0 Å². The molecule has 1 unspecified atom stereocenters. The van der Waals surface area contributed by atoms with Gasteiger partial charge in [-0.05, 0) is 28.1 Å². The molecule has 0 bridgehead atoms. The van der Waals surface area contributed by atoms with Crippen molar-refractivity contribution in [2.24, 2.45) is 0 Å². The Labute approximate surface area is 106 Å². The van der Waals surface area contributed by atoms with E-state index >= 15 is 0 Å². The van der Waals surface area contributed by atoms with E-state index in [1.165, 1.54) is 30.3 Å². The zero-order valence-electron chi connectivity index (χ0n) is 8.70. The Morgan fingerprint density at radius 2 is 1.59 bits per heavy atom. The van der Waals surface area contributed by atoms with Crippen molar-refractivity contribution in [2.45, 2.75) is 6.10 Å². The molecule has 1 N–H and O–H groups in total. The van der Waals surface area contributed by atoms with Crippen LogP contribution in [0.25, 0.3) is 0 Å². The van der Waals surface area contributed by atoms with Gasteiger partial charge in [0.15, 0.2) is 0 Å². The summed E-state index contributed by atoms with van der Waals surface area (Å²) in [6, 6.07) is 10.3. The molecule has 1 nitrogen and oxygen atoms in total. The standard InChI is InChI=1S/C13H9BrF2O/c14-10-6-3-5-9(12(10)16)13(17)8-4-1-2-7-11(8)15/h1-7,13,17H. The summed E-state index contributed by atoms with van der Waals surface area (Å²) in [6.45, 7) is 0. The van der Waals surface area contributed by atoms with Crippen molar-refractivity contribution in [2.75, 3.05) is 0 Å². The average molecular weight is 299 g/mol. The van der Waals surface area contributed by atoms with Crippen molar-refractivity contribution in [1.29, 1.82) is 0 Å². The quantitative estimate of drug-likeness (QED) is 0.894. The second-order valence-electron chi connectivity index (χ2n) is 3.57. The molecule has 1 atom stereocenters. The maximum Gasteiger partial charge on any atom is 0.143 e. The lowest BCUT2D eigenvalue weighted by Crippen LogP contribution is -2.05. The monoisotopic (exact) mass is 298 g/mol. The van der Waals surface area contributed by atoms with Crippen molar-refractivity contribution < 1.29 is 13.9 Å². The van der Waals surface area contributed by atoms with E-state index in [0.717, 1.165) is 0 Å². The van der Waals surface area contributed by atoms with E-state index in [4.69, 9.17) is 0 Å². The normalized spacial score (nSPS) is 12.5. The van der Waals surface area contributed by atoms with E-state index in [0.29, 0.717) is 0 Å². The van der Waals surface area contributed by atoms with Crippen LogP contribution in [0.4, 0.5) is 8.78 Å². The molecule has 0 fully saturated rings. The fraction of sp³-hybridized carbons (Fsp3) is 0.0769. The molecule has 17 heavy (non-hydrogen) atoms. The molecule has 0 radical (unpaired) electrons. The summed E-state index contributed by atoms with van der Waals surface area (Å²) in [6.07, 6.45) is -1.31. The van der Waals surface area contributed by atoms with Gasteiger partial charge in [-0.15, -0.1) is 0 Å². The second-order valence-corrected chi connectivity index (χ2v) is 4.42. The highest BCUT2D eigenvalue weighted by Crippen LogP contribution is 2.29. The maximum absolute atomic E-state index is 13.7. The lowest BCUT2D eigenvalue weighted by Gasteiger charge is -2.13. The SMILES string of the molecule is OC(c1ccccc1F)c1cccc(Br)c1F. The minimum absolute atomic E-state index is 0.0458. The second kappa shape index (κ2) is 4.94. The van der Waals surface area contributed by atoms with E-state index in [9.17, 15) is 13.9 Å². The van der Waals surface area contributed by atoms with Gasteiger partial charge in [0.1, 0.15) is 17.7 Å². The van der Waals surface area contributed by atoms with Crippen molar-refractivity contribution in [1.82, 2.24) is 0 Å². The molecule has 2 aromatic rings. The minimum Gasteiger partial charge on any atom is -0.383 e. The number of benzene rings is 2. The van der Waals surface area contributed by atoms with Gasteiger partial charge in [-0.2, -0.15) is 0 Å². The van der Waals surface area contributed by atoms with Crippen LogP contribution >= 0.6 is 15.9 Å². The van der Waals surface area contributed by atoms with Crippen LogP contribution in [0.1, 0.15) is 17.2 Å². The molecule has 0 amide bonds. The Hall–Kier alpha value is -1.26. The molecule has 0 spiro atoms. The Morgan fingerprint density at radius 3 is 2.29 bits per heavy atom. The molecule has 88 valence electrons. The summed E-state index contributed by atoms with van der Waals surface area (Å²) in [5.41, 5.74) is 0.106. The van der Waals surface area contributed by atoms with Gasteiger partial charge in [0, 0.05) is 11.1 Å². The predicted molar refractivity (Wildman–Crippen MR) is 64.6 cm³/mol. The highest BCUT2D eigenvalue weighted by molar-refractivity contribution is 9.10. The molecule has 0 saturated heterocycles. The van der Waals surface area contributed by atoms with Crippen LogP contribution in [0.3, 0.4) is 0 Å². The van der Waals surface area contributed by atoms with Crippen molar-refractivity contribution >= 4 is 15.9 Å². The van der Waals surface area contributed by atoms with Gasteiger partial charge in [0.05, 0.1) is 4.47 Å². The number of hydrogen-bond acceptors (Lipinski definition) is 1. The van der Waals surface area contributed by atoms with Gasteiger partial charge in [-0.1, -0.05) is 30.3 Å². The first-order valence-electron chi connectivity index (χ1n) is 4.97. The molecule has 0 aromatic heterocycles. The highest BCUT2D eigenvalue weighted by atomic mass is 79.9. The fourth-order valence-corrected chi connectivity index (χ4v) is 1.98. The predicted octanol–water partition coefficient (Wildman–Crippen LogP) is 3.81. The van der Waals surface area contributed by atoms with Crippen molar-refractivity contribution in [3.63, 3.8) is 0 Å². The maximum atomic E-state index is 13.7. The highest BCUT2D eigenvalue weighted by Gasteiger charge is 2.19. The first kappa shape index (κ1) is 12.2. The van der Waals surface area contributed by atoms with Crippen LogP contribution in [0.2, 0.25) is 0 Å². The van der Waals surface area contributed by atoms with Crippen LogP contribution in [-0.4, -0.2) is 5.11 Å². The molecule has 2 aromatic carbocycles. The molecule has 0 aliphatic rings. The van der Waals surface area contributed by atoms with Gasteiger partial charge in [-0.25, -0.2) is 8.78 Å². The van der Waals surface area contributed by atoms with Gasteiger partial charge < -0.3 is 5.11 Å². The Kier molecular flexibility index (Phi) is 3.54. The number of rotatable bonds is 2. The zero-order valence-corrected chi connectivity index (χ0v) is 10.3. The van der Waals surface area contributed by atoms with Gasteiger partial charge >= 0.3 is 0 Å². The first-order chi connectivity index (χ1) is 8.11. The molecule has 4 heteroatoms. The zero-order chi connectivity index (χ0) is 12.4. The smallest absolute Gasteiger partial charge is 0.143 e. The fourth-order valence-electron chi connectivity index (χ4n) is 1.60. The lowest BCUT2D eigenvalue weighted by molar-refractivity contribution is 0.209. The summed E-state index contributed by atoms with van der Waals surface area (Å²) in [5.74, 6) is -1.14. The molecule has 0 aliphatic heterocycles. The minimum atomic E-state index is -1.31. The summed E-state index contributed by atoms with van der Waals surface area (Å²) in [7, 11) is 0. The number of halogens is 3. The van der Waals surface area contributed by atoms with E-state index in [1.807, 2.05) is 0 Å². The summed E-state index contributed by atoms with van der Waals surface area (Å²) in [5, 5.41) is 9.98. The summed E-state index contributed by atoms with van der Waals surface area (Å²) in [4.78, 5) is 0. The third-order valence-electron chi connectivity index (χ3n) is 2.48. The summed E-state index contributed by atoms with van der Waals surface area (Å²) >= 11 is 3.03. The molecular formula is C13H9BrF2O. The number of aliphatic hydroxyl groups is 1. The van der Waals surface area contributed by atoms with Crippen LogP contribution in [0.5, 0.6) is 0 Å². The van der Waals surface area contributed by atoms with Crippen molar-refractivity contribution in [3.05, 3.63) is 69.7 Å². The Bertz CT molecular complexity index is 543. The van der Waals surface area contributed by atoms with Gasteiger partial charge in [0.25, 0.3) is 0 Å². The molecule has 0 saturated carbocycles. The first-order valence-corrected chi connectivity index (χ1v) is 5.77. The van der Waals surface area contributed by atoms with Crippen LogP contribution < -0.4 is 0 Å². The van der Waals surface area contributed by atoms with E-state index in [2.05, 4.69) is 15.9 Å². The molecule has 2 rings (SSSR count). The van der Waals surface area contributed by atoms with Crippen LogP contribution in [0, 0.1) is 11.6 Å². The number of hydrogen-bond donors (Lipinski definition) is 1.